The molecule has 0 unspecified atom stereocenters. The normalized spacial score (nSPS) is 16.7. The summed E-state index contributed by atoms with van der Waals surface area (Å²) in [6.45, 7) is 1.40. The molecule has 0 aromatic heterocycles. The van der Waals surface area contributed by atoms with Crippen LogP contribution in [0.4, 0.5) is 0 Å². The van der Waals surface area contributed by atoms with Crippen molar-refractivity contribution in [3.05, 3.63) is 0 Å². The highest BCUT2D eigenvalue weighted by Gasteiger charge is 2.22. The molecule has 0 aromatic rings. The molecule has 1 saturated heterocycles. The number of hydrogen-bond acceptors (Lipinski definition) is 4. The van der Waals surface area contributed by atoms with E-state index in [2.05, 4.69) is 0 Å². The zero-order valence-corrected chi connectivity index (χ0v) is 10.6. The lowest BCUT2D eigenvalue weighted by Crippen LogP contribution is -2.38. The lowest BCUT2D eigenvalue weighted by Gasteiger charge is -2.32. The van der Waals surface area contributed by atoms with E-state index in [-0.39, 0.29) is 24.8 Å². The first-order valence-corrected chi connectivity index (χ1v) is 6.49. The van der Waals surface area contributed by atoms with E-state index in [0.717, 1.165) is 38.8 Å². The Hall–Kier alpha value is -1.14. The monoisotopic (exact) mass is 258 g/mol. The van der Waals surface area contributed by atoms with Crippen LogP contribution in [-0.4, -0.2) is 46.7 Å². The Balaban J connectivity index is 2.15. The number of aliphatic hydroxyl groups excluding tert-OH is 1. The van der Waals surface area contributed by atoms with Crippen molar-refractivity contribution in [1.82, 2.24) is 10.4 Å². The van der Waals surface area contributed by atoms with Crippen LogP contribution in [-0.2, 0) is 9.59 Å². The zero-order chi connectivity index (χ0) is 13.4. The van der Waals surface area contributed by atoms with Gasteiger partial charge in [0, 0.05) is 25.9 Å². The van der Waals surface area contributed by atoms with Gasteiger partial charge < -0.3 is 10.0 Å². The van der Waals surface area contributed by atoms with Crippen molar-refractivity contribution in [2.75, 3.05) is 19.7 Å². The summed E-state index contributed by atoms with van der Waals surface area (Å²) >= 11 is 0. The highest BCUT2D eigenvalue weighted by molar-refractivity contribution is 5.76. The van der Waals surface area contributed by atoms with Crippen molar-refractivity contribution in [3.8, 4) is 0 Å². The smallest absolute Gasteiger partial charge is 0.243 e. The average molecular weight is 258 g/mol. The van der Waals surface area contributed by atoms with Gasteiger partial charge >= 0.3 is 0 Å². The van der Waals surface area contributed by atoms with Crippen LogP contribution < -0.4 is 5.48 Å². The van der Waals surface area contributed by atoms with Crippen molar-refractivity contribution in [1.29, 1.82) is 0 Å². The number of hydrogen-bond donors (Lipinski definition) is 3. The molecule has 6 nitrogen and oxygen atoms in total. The van der Waals surface area contributed by atoms with Crippen LogP contribution in [0.5, 0.6) is 0 Å². The second-order valence-electron chi connectivity index (χ2n) is 4.72. The van der Waals surface area contributed by atoms with Crippen LogP contribution in [0, 0.1) is 5.92 Å². The fraction of sp³-hybridized carbons (Fsp3) is 0.833. The van der Waals surface area contributed by atoms with Gasteiger partial charge in [-0.25, -0.2) is 5.48 Å². The first-order valence-electron chi connectivity index (χ1n) is 6.49. The molecule has 0 bridgehead atoms. The van der Waals surface area contributed by atoms with Gasteiger partial charge in [-0.05, 0) is 31.6 Å². The third-order valence-corrected chi connectivity index (χ3v) is 3.43. The van der Waals surface area contributed by atoms with Crippen molar-refractivity contribution < 1.29 is 19.9 Å². The van der Waals surface area contributed by atoms with Gasteiger partial charge in [0.15, 0.2) is 0 Å². The molecule has 0 spiro atoms. The minimum absolute atomic E-state index is 0.0237. The van der Waals surface area contributed by atoms with Gasteiger partial charge in [-0.3, -0.25) is 14.8 Å². The zero-order valence-electron chi connectivity index (χ0n) is 10.6. The summed E-state index contributed by atoms with van der Waals surface area (Å²) in [5.41, 5.74) is 1.62. The van der Waals surface area contributed by atoms with E-state index >= 15 is 0 Å². The van der Waals surface area contributed by atoms with E-state index in [4.69, 9.17) is 10.3 Å². The molecule has 1 aliphatic heterocycles. The Morgan fingerprint density at radius 1 is 1.22 bits per heavy atom. The second kappa shape index (κ2) is 8.05. The molecule has 0 atom stereocenters. The highest BCUT2D eigenvalue weighted by Crippen LogP contribution is 2.22. The fourth-order valence-corrected chi connectivity index (χ4v) is 2.33. The molecule has 1 fully saturated rings. The standard InChI is InChI=1S/C12H22N2O4/c15-9-6-12(17)14-7-4-10(5-8-14)2-1-3-11(16)13-18/h10,15,18H,1-9H2,(H,13,16). The maximum Gasteiger partial charge on any atom is 0.243 e. The lowest BCUT2D eigenvalue weighted by atomic mass is 9.91. The molecule has 1 heterocycles. The predicted molar refractivity (Wildman–Crippen MR) is 64.8 cm³/mol. The Labute approximate surface area is 107 Å². The van der Waals surface area contributed by atoms with Gasteiger partial charge in [0.05, 0.1) is 6.61 Å². The van der Waals surface area contributed by atoms with Crippen molar-refractivity contribution in [2.45, 2.75) is 38.5 Å². The SMILES string of the molecule is O=C(CCCC1CCN(C(=O)CCO)CC1)NO. The summed E-state index contributed by atoms with van der Waals surface area (Å²) < 4.78 is 0. The Morgan fingerprint density at radius 3 is 2.44 bits per heavy atom. The summed E-state index contributed by atoms with van der Waals surface area (Å²) in [7, 11) is 0. The lowest BCUT2D eigenvalue weighted by molar-refractivity contribution is -0.133. The number of hydroxylamine groups is 1. The first kappa shape index (κ1) is 14.9. The van der Waals surface area contributed by atoms with E-state index < -0.39 is 0 Å². The van der Waals surface area contributed by atoms with E-state index in [1.54, 1.807) is 10.4 Å². The maximum absolute atomic E-state index is 11.5. The van der Waals surface area contributed by atoms with Gasteiger partial charge in [0.1, 0.15) is 0 Å². The predicted octanol–water partition coefficient (Wildman–Crippen LogP) is 0.283. The number of likely N-dealkylation sites (tertiary alicyclic amines) is 1. The Morgan fingerprint density at radius 2 is 1.89 bits per heavy atom. The summed E-state index contributed by atoms with van der Waals surface area (Å²) in [5.74, 6) is 0.232. The van der Waals surface area contributed by atoms with Crippen molar-refractivity contribution in [2.24, 2.45) is 5.92 Å². The van der Waals surface area contributed by atoms with Crippen LogP contribution >= 0.6 is 0 Å². The first-order chi connectivity index (χ1) is 8.67. The van der Waals surface area contributed by atoms with Crippen LogP contribution in [0.2, 0.25) is 0 Å². The number of piperidine rings is 1. The van der Waals surface area contributed by atoms with Crippen molar-refractivity contribution >= 4 is 11.8 Å². The number of nitrogens with one attached hydrogen (secondary N) is 1. The third kappa shape index (κ3) is 5.01. The topological polar surface area (TPSA) is 89.9 Å². The number of amides is 2. The average Bonchev–Trinajstić information content (AvgIpc) is 2.39. The quantitative estimate of drug-likeness (QED) is 0.471. The fourth-order valence-electron chi connectivity index (χ4n) is 2.33. The Bertz CT molecular complexity index is 275. The number of nitrogens with zero attached hydrogens (tertiary/aromatic N) is 1. The summed E-state index contributed by atoms with van der Waals surface area (Å²) in [4.78, 5) is 24.2. The highest BCUT2D eigenvalue weighted by atomic mass is 16.5. The molecule has 6 heteroatoms. The minimum atomic E-state index is -0.342. The largest absolute Gasteiger partial charge is 0.396 e. The van der Waals surface area contributed by atoms with E-state index in [1.165, 1.54) is 0 Å². The minimum Gasteiger partial charge on any atom is -0.396 e. The van der Waals surface area contributed by atoms with Crippen molar-refractivity contribution in [3.63, 3.8) is 0 Å². The van der Waals surface area contributed by atoms with Crippen LogP contribution in [0.3, 0.4) is 0 Å². The molecule has 1 rings (SSSR count). The Kier molecular flexibility index (Phi) is 6.67. The van der Waals surface area contributed by atoms with E-state index in [1.807, 2.05) is 0 Å². The molecule has 1 aliphatic rings. The van der Waals surface area contributed by atoms with Gasteiger partial charge in [0.2, 0.25) is 11.8 Å². The summed E-state index contributed by atoms with van der Waals surface area (Å²) in [6.07, 6.45) is 4.19. The van der Waals surface area contributed by atoms with Gasteiger partial charge in [0.25, 0.3) is 0 Å². The molecule has 0 radical (unpaired) electrons. The molecule has 18 heavy (non-hydrogen) atoms. The van der Waals surface area contributed by atoms with Crippen LogP contribution in [0.25, 0.3) is 0 Å². The molecule has 0 aromatic carbocycles. The number of carbonyl (C=O) groups excluding carboxylic acids is 2. The third-order valence-electron chi connectivity index (χ3n) is 3.43. The van der Waals surface area contributed by atoms with Gasteiger partial charge in [-0.1, -0.05) is 0 Å². The van der Waals surface area contributed by atoms with Gasteiger partial charge in [-0.2, -0.15) is 0 Å². The second-order valence-corrected chi connectivity index (χ2v) is 4.72. The number of carbonyl (C=O) groups is 2. The summed E-state index contributed by atoms with van der Waals surface area (Å²) in [5, 5.41) is 17.1. The molecule has 3 N–H and O–H groups in total. The van der Waals surface area contributed by atoms with Gasteiger partial charge in [-0.15, -0.1) is 0 Å². The molecule has 0 saturated carbocycles. The maximum atomic E-state index is 11.5. The molecule has 104 valence electrons. The molecular formula is C12H22N2O4. The molecular weight excluding hydrogens is 236 g/mol. The van der Waals surface area contributed by atoms with Crippen LogP contribution in [0.1, 0.15) is 38.5 Å². The van der Waals surface area contributed by atoms with E-state index in [0.29, 0.717) is 12.3 Å². The number of rotatable bonds is 6. The molecule has 2 amide bonds. The number of aliphatic hydroxyl groups is 1. The molecule has 0 aliphatic carbocycles. The van der Waals surface area contributed by atoms with E-state index in [9.17, 15) is 9.59 Å². The van der Waals surface area contributed by atoms with Crippen LogP contribution in [0.15, 0.2) is 0 Å². The summed E-state index contributed by atoms with van der Waals surface area (Å²) in [6, 6.07) is 0.